The Bertz CT molecular complexity index is 1150. The second-order valence-electron chi connectivity index (χ2n) is 6.42. The van der Waals surface area contributed by atoms with Crippen LogP contribution in [0.5, 0.6) is 5.75 Å². The first-order valence-corrected chi connectivity index (χ1v) is 11.4. The molecular formula is C23H15BrClNO2S2. The Morgan fingerprint density at radius 1 is 1.07 bits per heavy atom. The molecule has 0 aromatic heterocycles. The molecule has 7 heteroatoms. The summed E-state index contributed by atoms with van der Waals surface area (Å²) in [4.78, 5) is 15.0. The van der Waals surface area contributed by atoms with Gasteiger partial charge in [0.1, 0.15) is 12.4 Å². The number of halogens is 2. The van der Waals surface area contributed by atoms with Gasteiger partial charge in [-0.25, -0.2) is 0 Å². The van der Waals surface area contributed by atoms with Gasteiger partial charge in [0.15, 0.2) is 4.32 Å². The van der Waals surface area contributed by atoms with Gasteiger partial charge in [-0.05, 0) is 57.9 Å². The van der Waals surface area contributed by atoms with E-state index in [9.17, 15) is 4.79 Å². The third-order valence-electron chi connectivity index (χ3n) is 4.40. The fraction of sp³-hybridized carbons (Fsp3) is 0.0435. The van der Waals surface area contributed by atoms with E-state index in [0.717, 1.165) is 21.3 Å². The quantitative estimate of drug-likeness (QED) is 0.267. The zero-order chi connectivity index (χ0) is 21.1. The Kier molecular flexibility index (Phi) is 6.58. The summed E-state index contributed by atoms with van der Waals surface area (Å²) in [7, 11) is 0. The number of anilines is 1. The molecule has 1 saturated heterocycles. The van der Waals surface area contributed by atoms with Crippen molar-refractivity contribution in [3.05, 3.63) is 98.3 Å². The number of ether oxygens (including phenoxy) is 1. The second-order valence-corrected chi connectivity index (χ2v) is 9.36. The van der Waals surface area contributed by atoms with E-state index in [1.807, 2.05) is 78.9 Å². The van der Waals surface area contributed by atoms with Gasteiger partial charge < -0.3 is 4.74 Å². The molecule has 150 valence electrons. The first-order chi connectivity index (χ1) is 14.5. The Hall–Kier alpha value is -2.12. The minimum absolute atomic E-state index is 0.119. The lowest BCUT2D eigenvalue weighted by Crippen LogP contribution is -2.27. The molecule has 1 aliphatic rings. The number of para-hydroxylation sites is 1. The van der Waals surface area contributed by atoms with Gasteiger partial charge in [-0.15, -0.1) is 0 Å². The fourth-order valence-electron chi connectivity index (χ4n) is 2.91. The molecular weight excluding hydrogens is 502 g/mol. The highest BCUT2D eigenvalue weighted by Gasteiger charge is 2.33. The Labute approximate surface area is 197 Å². The SMILES string of the molecule is O=C1/C(=C\c2ccc(OCc3ccccc3Cl)c(Br)c2)SC(=S)N1c1ccccc1. The third-order valence-corrected chi connectivity index (χ3v) is 6.69. The second kappa shape index (κ2) is 9.35. The van der Waals surface area contributed by atoms with Crippen LogP contribution in [0.25, 0.3) is 6.08 Å². The summed E-state index contributed by atoms with van der Waals surface area (Å²) >= 11 is 16.4. The molecule has 0 bridgehead atoms. The van der Waals surface area contributed by atoms with E-state index in [1.54, 1.807) is 4.90 Å². The number of amides is 1. The summed E-state index contributed by atoms with van der Waals surface area (Å²) in [6, 6.07) is 22.7. The van der Waals surface area contributed by atoms with Gasteiger partial charge in [0.25, 0.3) is 5.91 Å². The Morgan fingerprint density at radius 3 is 2.53 bits per heavy atom. The van der Waals surface area contributed by atoms with Crippen LogP contribution in [0.3, 0.4) is 0 Å². The molecule has 0 N–H and O–H groups in total. The van der Waals surface area contributed by atoms with Crippen molar-refractivity contribution in [2.75, 3.05) is 4.90 Å². The standard InChI is InChI=1S/C23H15BrClNO2S2/c24-18-12-15(10-11-20(18)28-14-16-6-4-5-9-19(16)25)13-21-22(27)26(23(29)30-21)17-7-2-1-3-8-17/h1-13H,14H2/b21-13+. The first-order valence-electron chi connectivity index (χ1n) is 9.02. The summed E-state index contributed by atoms with van der Waals surface area (Å²) in [6.45, 7) is 0.368. The normalized spacial score (nSPS) is 15.1. The summed E-state index contributed by atoms with van der Waals surface area (Å²) < 4.78 is 7.21. The molecule has 1 fully saturated rings. The predicted molar refractivity (Wildman–Crippen MR) is 132 cm³/mol. The van der Waals surface area contributed by atoms with Gasteiger partial charge in [-0.1, -0.05) is 78.0 Å². The number of hydrogen-bond donors (Lipinski definition) is 0. The zero-order valence-electron chi connectivity index (χ0n) is 15.5. The average molecular weight is 517 g/mol. The summed E-state index contributed by atoms with van der Waals surface area (Å²) in [5.41, 5.74) is 2.56. The lowest BCUT2D eigenvalue weighted by atomic mass is 10.2. The van der Waals surface area contributed by atoms with Gasteiger partial charge in [0.05, 0.1) is 15.1 Å². The molecule has 1 heterocycles. The van der Waals surface area contributed by atoms with Gasteiger partial charge >= 0.3 is 0 Å². The van der Waals surface area contributed by atoms with E-state index in [-0.39, 0.29) is 5.91 Å². The molecule has 3 aromatic carbocycles. The van der Waals surface area contributed by atoms with Crippen molar-refractivity contribution in [1.82, 2.24) is 0 Å². The maximum Gasteiger partial charge on any atom is 0.270 e. The summed E-state index contributed by atoms with van der Waals surface area (Å²) in [5.74, 6) is 0.579. The van der Waals surface area contributed by atoms with Crippen molar-refractivity contribution < 1.29 is 9.53 Å². The van der Waals surface area contributed by atoms with Gasteiger partial charge in [0.2, 0.25) is 0 Å². The van der Waals surface area contributed by atoms with E-state index < -0.39 is 0 Å². The summed E-state index contributed by atoms with van der Waals surface area (Å²) in [5, 5.41) is 0.672. The lowest BCUT2D eigenvalue weighted by Gasteiger charge is -2.13. The van der Waals surface area contributed by atoms with Gasteiger partial charge in [0, 0.05) is 10.6 Å². The molecule has 1 aliphatic heterocycles. The maximum absolute atomic E-state index is 12.9. The van der Waals surface area contributed by atoms with Crippen LogP contribution in [0.15, 0.2) is 82.2 Å². The van der Waals surface area contributed by atoms with Crippen molar-refractivity contribution in [3.63, 3.8) is 0 Å². The highest BCUT2D eigenvalue weighted by molar-refractivity contribution is 9.10. The number of carbonyl (C=O) groups excluding carboxylic acids is 1. The Morgan fingerprint density at radius 2 is 1.80 bits per heavy atom. The number of nitrogens with zero attached hydrogens (tertiary/aromatic N) is 1. The van der Waals surface area contributed by atoms with Crippen molar-refractivity contribution in [1.29, 1.82) is 0 Å². The van der Waals surface area contributed by atoms with Crippen LogP contribution in [0, 0.1) is 0 Å². The van der Waals surface area contributed by atoms with Crippen molar-refractivity contribution in [2.24, 2.45) is 0 Å². The molecule has 4 rings (SSSR count). The monoisotopic (exact) mass is 515 g/mol. The van der Waals surface area contributed by atoms with Crippen LogP contribution in [0.4, 0.5) is 5.69 Å². The number of benzene rings is 3. The van der Waals surface area contributed by atoms with Crippen LogP contribution < -0.4 is 9.64 Å². The first kappa shape index (κ1) is 21.1. The molecule has 0 saturated carbocycles. The molecule has 0 spiro atoms. The number of thioether (sulfide) groups is 1. The molecule has 3 aromatic rings. The lowest BCUT2D eigenvalue weighted by molar-refractivity contribution is -0.113. The third kappa shape index (κ3) is 4.62. The number of rotatable bonds is 5. The van der Waals surface area contributed by atoms with E-state index in [0.29, 0.717) is 26.6 Å². The fourth-order valence-corrected chi connectivity index (χ4v) is 4.91. The summed E-state index contributed by atoms with van der Waals surface area (Å²) in [6.07, 6.45) is 1.84. The average Bonchev–Trinajstić information content (AvgIpc) is 3.02. The van der Waals surface area contributed by atoms with Crippen molar-refractivity contribution >= 4 is 73.5 Å². The van der Waals surface area contributed by atoms with Crippen LogP contribution in [-0.4, -0.2) is 10.2 Å². The topological polar surface area (TPSA) is 29.5 Å². The van der Waals surface area contributed by atoms with E-state index in [1.165, 1.54) is 11.8 Å². The van der Waals surface area contributed by atoms with Gasteiger partial charge in [-0.2, -0.15) is 0 Å². The zero-order valence-corrected chi connectivity index (χ0v) is 19.5. The smallest absolute Gasteiger partial charge is 0.270 e. The van der Waals surface area contributed by atoms with Crippen LogP contribution >= 0.6 is 51.5 Å². The highest BCUT2D eigenvalue weighted by atomic mass is 79.9. The molecule has 3 nitrogen and oxygen atoms in total. The minimum Gasteiger partial charge on any atom is -0.488 e. The van der Waals surface area contributed by atoms with E-state index >= 15 is 0 Å². The van der Waals surface area contributed by atoms with Crippen molar-refractivity contribution in [2.45, 2.75) is 6.61 Å². The minimum atomic E-state index is -0.119. The van der Waals surface area contributed by atoms with Gasteiger partial charge in [-0.3, -0.25) is 9.69 Å². The highest BCUT2D eigenvalue weighted by Crippen LogP contribution is 2.37. The molecule has 30 heavy (non-hydrogen) atoms. The van der Waals surface area contributed by atoms with E-state index in [4.69, 9.17) is 28.6 Å². The molecule has 1 amide bonds. The molecule has 0 radical (unpaired) electrons. The molecule has 0 aliphatic carbocycles. The number of hydrogen-bond acceptors (Lipinski definition) is 4. The number of carbonyl (C=O) groups is 1. The van der Waals surface area contributed by atoms with Crippen LogP contribution in [-0.2, 0) is 11.4 Å². The van der Waals surface area contributed by atoms with E-state index in [2.05, 4.69) is 15.9 Å². The Balaban J connectivity index is 1.50. The largest absolute Gasteiger partial charge is 0.488 e. The van der Waals surface area contributed by atoms with Crippen LogP contribution in [0.1, 0.15) is 11.1 Å². The maximum atomic E-state index is 12.9. The van der Waals surface area contributed by atoms with Crippen LogP contribution in [0.2, 0.25) is 5.02 Å². The van der Waals surface area contributed by atoms with Crippen molar-refractivity contribution in [3.8, 4) is 5.75 Å². The molecule has 0 atom stereocenters. The molecule has 0 unspecified atom stereocenters. The predicted octanol–water partition coefficient (Wildman–Crippen LogP) is 7.09. The number of thiocarbonyl (C=S) groups is 1.